The Hall–Kier alpha value is -3.14. The van der Waals surface area contributed by atoms with Gasteiger partial charge in [0, 0.05) is 69.9 Å². The summed E-state index contributed by atoms with van der Waals surface area (Å²) in [5.74, 6) is 1.48. The van der Waals surface area contributed by atoms with E-state index in [1.807, 2.05) is 17.0 Å². The summed E-state index contributed by atoms with van der Waals surface area (Å²) >= 11 is 0. The van der Waals surface area contributed by atoms with E-state index in [4.69, 9.17) is 14.2 Å². The van der Waals surface area contributed by atoms with E-state index in [-0.39, 0.29) is 18.0 Å². The number of rotatable bonds is 13. The van der Waals surface area contributed by atoms with Crippen molar-refractivity contribution in [1.29, 1.82) is 0 Å². The van der Waals surface area contributed by atoms with E-state index in [9.17, 15) is 4.79 Å². The Kier molecular flexibility index (Phi) is 9.38. The number of aromatic nitrogens is 2. The molecule has 1 saturated heterocycles. The van der Waals surface area contributed by atoms with Gasteiger partial charge in [-0.25, -0.2) is 4.98 Å². The molecule has 0 saturated carbocycles. The van der Waals surface area contributed by atoms with E-state index in [2.05, 4.69) is 46.6 Å². The lowest BCUT2D eigenvalue weighted by Gasteiger charge is -2.32. The van der Waals surface area contributed by atoms with Crippen LogP contribution in [0.5, 0.6) is 11.5 Å². The number of benzene rings is 2. The Labute approximate surface area is 218 Å². The number of hydrogen-bond donors (Lipinski definition) is 3. The van der Waals surface area contributed by atoms with Crippen molar-refractivity contribution in [3.63, 3.8) is 0 Å². The predicted octanol–water partition coefficient (Wildman–Crippen LogP) is 3.22. The number of nitrogens with zero attached hydrogens (tertiary/aromatic N) is 2. The fourth-order valence-corrected chi connectivity index (χ4v) is 4.76. The smallest absolute Gasteiger partial charge is 0.254 e. The summed E-state index contributed by atoms with van der Waals surface area (Å²) in [6.07, 6.45) is 2.48. The largest absolute Gasteiger partial charge is 0.493 e. The molecule has 2 aromatic carbocycles. The minimum Gasteiger partial charge on any atom is -0.493 e. The van der Waals surface area contributed by atoms with Gasteiger partial charge in [0.25, 0.3) is 5.91 Å². The molecular weight excluding hydrogens is 470 g/mol. The number of hydrogen-bond acceptors (Lipinski definition) is 7. The second-order valence-electron chi connectivity index (χ2n) is 9.77. The second-order valence-corrected chi connectivity index (χ2v) is 9.77. The summed E-state index contributed by atoms with van der Waals surface area (Å²) in [5, 5.41) is 7.21. The highest BCUT2D eigenvalue weighted by atomic mass is 16.5. The second kappa shape index (κ2) is 12.9. The first-order chi connectivity index (χ1) is 18.0. The molecule has 0 aliphatic carbocycles. The van der Waals surface area contributed by atoms with Crippen molar-refractivity contribution in [1.82, 2.24) is 25.5 Å². The van der Waals surface area contributed by atoms with Crippen LogP contribution in [0.2, 0.25) is 0 Å². The van der Waals surface area contributed by atoms with Crippen molar-refractivity contribution in [3.05, 3.63) is 53.9 Å². The Bertz CT molecular complexity index is 1160. The maximum absolute atomic E-state index is 13.6. The lowest BCUT2D eigenvalue weighted by atomic mass is 10.0. The van der Waals surface area contributed by atoms with Gasteiger partial charge in [-0.05, 0) is 49.7 Å². The average molecular weight is 510 g/mol. The molecule has 0 radical (unpaired) electrons. The molecule has 1 aromatic heterocycles. The van der Waals surface area contributed by atoms with E-state index >= 15 is 0 Å². The molecule has 1 amide bonds. The predicted molar refractivity (Wildman–Crippen MR) is 144 cm³/mol. The number of ether oxygens (including phenoxy) is 3. The number of H-pyrrole nitrogens is 1. The summed E-state index contributed by atoms with van der Waals surface area (Å²) in [7, 11) is 3.27. The molecule has 37 heavy (non-hydrogen) atoms. The van der Waals surface area contributed by atoms with Crippen molar-refractivity contribution in [2.75, 3.05) is 47.1 Å². The molecule has 3 N–H and O–H groups in total. The van der Waals surface area contributed by atoms with Crippen LogP contribution in [-0.2, 0) is 11.3 Å². The Morgan fingerprint density at radius 2 is 2.00 bits per heavy atom. The van der Waals surface area contributed by atoms with Gasteiger partial charge in [0.2, 0.25) is 0 Å². The molecule has 4 rings (SSSR count). The van der Waals surface area contributed by atoms with Crippen LogP contribution in [0.4, 0.5) is 0 Å². The molecule has 1 aliphatic heterocycles. The third-order valence-electron chi connectivity index (χ3n) is 6.87. The van der Waals surface area contributed by atoms with E-state index in [0.717, 1.165) is 37.1 Å². The van der Waals surface area contributed by atoms with E-state index in [1.165, 1.54) is 5.56 Å². The van der Waals surface area contributed by atoms with Crippen LogP contribution >= 0.6 is 0 Å². The van der Waals surface area contributed by atoms with Gasteiger partial charge < -0.3 is 34.7 Å². The van der Waals surface area contributed by atoms with Crippen LogP contribution < -0.4 is 20.1 Å². The molecule has 9 nitrogen and oxygen atoms in total. The first-order valence-electron chi connectivity index (χ1n) is 13.0. The fourth-order valence-electron chi connectivity index (χ4n) is 4.76. The number of methoxy groups -OCH3 is 2. The molecule has 0 unspecified atom stereocenters. The monoisotopic (exact) mass is 509 g/mol. The number of carbonyl (C=O) groups is 1. The molecule has 0 bridgehead atoms. The summed E-state index contributed by atoms with van der Waals surface area (Å²) < 4.78 is 16.4. The van der Waals surface area contributed by atoms with Crippen LogP contribution in [0, 0.1) is 5.92 Å². The molecule has 1 fully saturated rings. The van der Waals surface area contributed by atoms with Crippen LogP contribution in [-0.4, -0.2) is 79.9 Å². The van der Waals surface area contributed by atoms with E-state index in [0.29, 0.717) is 42.7 Å². The topological polar surface area (TPSA) is 101 Å². The minimum atomic E-state index is -0.00487. The zero-order valence-corrected chi connectivity index (χ0v) is 22.3. The molecule has 0 spiro atoms. The van der Waals surface area contributed by atoms with E-state index < -0.39 is 0 Å². The summed E-state index contributed by atoms with van der Waals surface area (Å²) in [6.45, 7) is 8.40. The maximum atomic E-state index is 13.6. The van der Waals surface area contributed by atoms with Crippen molar-refractivity contribution < 1.29 is 19.0 Å². The van der Waals surface area contributed by atoms with Crippen LogP contribution in [0.1, 0.15) is 36.2 Å². The first-order valence-corrected chi connectivity index (χ1v) is 13.0. The minimum absolute atomic E-state index is 0.00487. The van der Waals surface area contributed by atoms with Crippen LogP contribution in [0.25, 0.3) is 11.0 Å². The van der Waals surface area contributed by atoms with Gasteiger partial charge in [0.05, 0.1) is 31.1 Å². The van der Waals surface area contributed by atoms with Crippen molar-refractivity contribution in [2.45, 2.75) is 38.9 Å². The zero-order valence-electron chi connectivity index (χ0n) is 22.3. The average Bonchev–Trinajstić information content (AvgIpc) is 3.56. The summed E-state index contributed by atoms with van der Waals surface area (Å²) in [6, 6.07) is 12.0. The Morgan fingerprint density at radius 3 is 2.78 bits per heavy atom. The normalized spacial score (nSPS) is 17.4. The SMILES string of the molecule is COCCCOc1cc(C(=O)N(C[C@@H]2CNC[C@@H]2NCc2ccc3nc[nH]c3c2)C(C)C)ccc1OC. The van der Waals surface area contributed by atoms with Gasteiger partial charge >= 0.3 is 0 Å². The highest BCUT2D eigenvalue weighted by Crippen LogP contribution is 2.29. The number of imidazole rings is 1. The van der Waals surface area contributed by atoms with E-state index in [1.54, 1.807) is 32.7 Å². The van der Waals surface area contributed by atoms with Gasteiger partial charge in [0.1, 0.15) is 0 Å². The van der Waals surface area contributed by atoms with Gasteiger partial charge in [-0.2, -0.15) is 0 Å². The summed E-state index contributed by atoms with van der Waals surface area (Å²) in [4.78, 5) is 23.1. The number of nitrogens with one attached hydrogen (secondary N) is 3. The highest BCUT2D eigenvalue weighted by Gasteiger charge is 2.31. The molecule has 2 heterocycles. The van der Waals surface area contributed by atoms with Crippen molar-refractivity contribution >= 4 is 16.9 Å². The number of fused-ring (bicyclic) bond motifs is 1. The molecular formula is C28H39N5O4. The molecule has 200 valence electrons. The molecule has 9 heteroatoms. The number of aromatic amines is 1. The lowest BCUT2D eigenvalue weighted by molar-refractivity contribution is 0.0668. The fraction of sp³-hybridized carbons (Fsp3) is 0.500. The standard InChI is InChI=1S/C28H39N5O4/c1-19(2)33(28(34)21-7-9-26(36-4)27(13-21)37-11-5-10-35-3)17-22-15-29-16-25(22)30-14-20-6-8-23-24(12-20)32-18-31-23/h6-9,12-13,18-19,22,25,29-30H,5,10-11,14-17H2,1-4H3,(H,31,32)/t22-,25-/m0/s1. The molecule has 2 atom stereocenters. The van der Waals surface area contributed by atoms with Crippen molar-refractivity contribution in [3.8, 4) is 11.5 Å². The third-order valence-corrected chi connectivity index (χ3v) is 6.87. The van der Waals surface area contributed by atoms with Crippen LogP contribution in [0.15, 0.2) is 42.7 Å². The van der Waals surface area contributed by atoms with Gasteiger partial charge in [-0.3, -0.25) is 4.79 Å². The maximum Gasteiger partial charge on any atom is 0.254 e. The number of carbonyl (C=O) groups excluding carboxylic acids is 1. The lowest BCUT2D eigenvalue weighted by Crippen LogP contribution is -2.46. The zero-order chi connectivity index (χ0) is 26.2. The Morgan fingerprint density at radius 1 is 1.14 bits per heavy atom. The first kappa shape index (κ1) is 26.9. The van der Waals surface area contributed by atoms with Gasteiger partial charge in [-0.1, -0.05) is 6.07 Å². The number of amides is 1. The molecule has 3 aromatic rings. The summed E-state index contributed by atoms with van der Waals surface area (Å²) in [5.41, 5.74) is 3.81. The van der Waals surface area contributed by atoms with Gasteiger partial charge in [-0.15, -0.1) is 0 Å². The van der Waals surface area contributed by atoms with Crippen LogP contribution in [0.3, 0.4) is 0 Å². The Balaban J connectivity index is 1.41. The highest BCUT2D eigenvalue weighted by molar-refractivity contribution is 5.95. The third kappa shape index (κ3) is 6.80. The van der Waals surface area contributed by atoms with Crippen molar-refractivity contribution in [2.24, 2.45) is 5.92 Å². The van der Waals surface area contributed by atoms with Gasteiger partial charge in [0.15, 0.2) is 11.5 Å². The quantitative estimate of drug-likeness (QED) is 0.304. The molecule has 1 aliphatic rings.